The summed E-state index contributed by atoms with van der Waals surface area (Å²) >= 11 is 0. The third-order valence-corrected chi connectivity index (χ3v) is 4.97. The number of nitrogens with two attached hydrogens (primary N) is 1. The second-order valence-corrected chi connectivity index (χ2v) is 7.05. The second kappa shape index (κ2) is 10.2. The quantitative estimate of drug-likeness (QED) is 0.213. The molecule has 0 bridgehead atoms. The van der Waals surface area contributed by atoms with Crippen molar-refractivity contribution in [1.29, 1.82) is 0 Å². The SMILES string of the molecule is CCc1ccc(NC(N)=NCc2ccc(Cn3cnc4ccccc43)cc2)cc1.I. The highest BCUT2D eigenvalue weighted by Gasteiger charge is 2.03. The summed E-state index contributed by atoms with van der Waals surface area (Å²) in [4.78, 5) is 8.90. The highest BCUT2D eigenvalue weighted by Crippen LogP contribution is 2.15. The van der Waals surface area contributed by atoms with E-state index in [1.165, 1.54) is 11.1 Å². The van der Waals surface area contributed by atoms with Crippen LogP contribution in [0.15, 0.2) is 84.1 Å². The highest BCUT2D eigenvalue weighted by atomic mass is 127. The lowest BCUT2D eigenvalue weighted by molar-refractivity contribution is 0.823. The Balaban J connectivity index is 0.00000256. The number of hydrogen-bond donors (Lipinski definition) is 2. The van der Waals surface area contributed by atoms with Gasteiger partial charge in [-0.15, -0.1) is 24.0 Å². The van der Waals surface area contributed by atoms with Gasteiger partial charge in [-0.25, -0.2) is 9.98 Å². The number of guanidine groups is 1. The highest BCUT2D eigenvalue weighted by molar-refractivity contribution is 14.0. The molecule has 0 atom stereocenters. The zero-order valence-electron chi connectivity index (χ0n) is 17.0. The van der Waals surface area contributed by atoms with Gasteiger partial charge in [-0.3, -0.25) is 0 Å². The van der Waals surface area contributed by atoms with Crippen molar-refractivity contribution in [3.8, 4) is 0 Å². The molecule has 0 fully saturated rings. The summed E-state index contributed by atoms with van der Waals surface area (Å²) < 4.78 is 2.16. The average Bonchev–Trinajstić information content (AvgIpc) is 3.17. The molecule has 0 aliphatic heterocycles. The lowest BCUT2D eigenvalue weighted by Crippen LogP contribution is -2.22. The van der Waals surface area contributed by atoms with Crippen LogP contribution < -0.4 is 11.1 Å². The van der Waals surface area contributed by atoms with Crippen LogP contribution in [0.3, 0.4) is 0 Å². The largest absolute Gasteiger partial charge is 0.370 e. The van der Waals surface area contributed by atoms with Crippen LogP contribution in [0.5, 0.6) is 0 Å². The van der Waals surface area contributed by atoms with Gasteiger partial charge in [-0.05, 0) is 47.4 Å². The molecule has 0 aliphatic carbocycles. The number of hydrogen-bond acceptors (Lipinski definition) is 2. The molecule has 30 heavy (non-hydrogen) atoms. The zero-order chi connectivity index (χ0) is 20.1. The Morgan fingerprint density at radius 2 is 1.60 bits per heavy atom. The monoisotopic (exact) mass is 511 g/mol. The van der Waals surface area contributed by atoms with E-state index in [1.807, 2.05) is 36.7 Å². The number of aryl methyl sites for hydroxylation is 1. The molecule has 0 saturated carbocycles. The van der Waals surface area contributed by atoms with E-state index in [1.54, 1.807) is 0 Å². The van der Waals surface area contributed by atoms with Gasteiger partial charge in [0, 0.05) is 12.2 Å². The van der Waals surface area contributed by atoms with Crippen molar-refractivity contribution in [1.82, 2.24) is 9.55 Å². The molecule has 1 aromatic heterocycles. The molecule has 0 radical (unpaired) electrons. The van der Waals surface area contributed by atoms with Gasteiger partial charge in [0.1, 0.15) is 0 Å². The molecular weight excluding hydrogens is 485 g/mol. The van der Waals surface area contributed by atoms with E-state index in [0.29, 0.717) is 12.5 Å². The number of rotatable bonds is 6. The summed E-state index contributed by atoms with van der Waals surface area (Å²) in [6, 6.07) is 24.9. The van der Waals surface area contributed by atoms with E-state index >= 15 is 0 Å². The first-order valence-electron chi connectivity index (χ1n) is 9.85. The third-order valence-electron chi connectivity index (χ3n) is 4.97. The molecule has 0 saturated heterocycles. The molecule has 1 heterocycles. The summed E-state index contributed by atoms with van der Waals surface area (Å²) in [5.74, 6) is 0.420. The number of nitrogens with zero attached hydrogens (tertiary/aromatic N) is 3. The van der Waals surface area contributed by atoms with Gasteiger partial charge >= 0.3 is 0 Å². The van der Waals surface area contributed by atoms with E-state index in [0.717, 1.165) is 35.2 Å². The first-order chi connectivity index (χ1) is 14.2. The number of fused-ring (bicyclic) bond motifs is 1. The van der Waals surface area contributed by atoms with Crippen LogP contribution in [0, 0.1) is 0 Å². The Kier molecular flexibility index (Phi) is 7.46. The molecular formula is C24H26IN5. The maximum Gasteiger partial charge on any atom is 0.193 e. The van der Waals surface area contributed by atoms with Crippen LogP contribution in [-0.2, 0) is 19.5 Å². The van der Waals surface area contributed by atoms with Crippen LogP contribution in [0.25, 0.3) is 11.0 Å². The number of halogens is 1. The minimum atomic E-state index is 0. The van der Waals surface area contributed by atoms with Crippen molar-refractivity contribution in [3.63, 3.8) is 0 Å². The molecule has 0 spiro atoms. The lowest BCUT2D eigenvalue weighted by Gasteiger charge is -2.07. The molecule has 0 amide bonds. The molecule has 5 nitrogen and oxygen atoms in total. The standard InChI is InChI=1S/C24H25N5.HI/c1-2-18-11-13-21(14-12-18)28-24(25)26-15-19-7-9-20(10-8-19)16-29-17-27-22-5-3-4-6-23(22)29;/h3-14,17H,2,15-16H2,1H3,(H3,25,26,28);1H. The smallest absolute Gasteiger partial charge is 0.193 e. The number of aliphatic imine (C=N–C) groups is 1. The number of benzene rings is 3. The fraction of sp³-hybridized carbons (Fsp3) is 0.167. The van der Waals surface area contributed by atoms with Crippen molar-refractivity contribution in [2.24, 2.45) is 10.7 Å². The van der Waals surface area contributed by atoms with Crippen LogP contribution in [0.1, 0.15) is 23.6 Å². The van der Waals surface area contributed by atoms with Gasteiger partial charge < -0.3 is 15.6 Å². The Labute approximate surface area is 194 Å². The predicted molar refractivity (Wildman–Crippen MR) is 135 cm³/mol. The second-order valence-electron chi connectivity index (χ2n) is 7.05. The fourth-order valence-electron chi connectivity index (χ4n) is 3.27. The van der Waals surface area contributed by atoms with Gasteiger partial charge in [0.15, 0.2) is 5.96 Å². The third kappa shape index (κ3) is 5.38. The van der Waals surface area contributed by atoms with Crippen molar-refractivity contribution >= 4 is 46.7 Å². The number of para-hydroxylation sites is 2. The minimum Gasteiger partial charge on any atom is -0.370 e. The molecule has 0 aliphatic rings. The first-order valence-corrected chi connectivity index (χ1v) is 9.85. The normalized spacial score (nSPS) is 11.3. The van der Waals surface area contributed by atoms with Gasteiger partial charge in [0.2, 0.25) is 0 Å². The lowest BCUT2D eigenvalue weighted by atomic mass is 10.1. The van der Waals surface area contributed by atoms with Crippen molar-refractivity contribution in [3.05, 3.63) is 95.8 Å². The number of nitrogens with one attached hydrogen (secondary N) is 1. The predicted octanol–water partition coefficient (Wildman–Crippen LogP) is 5.19. The molecule has 4 rings (SSSR count). The van der Waals surface area contributed by atoms with Gasteiger partial charge in [0.25, 0.3) is 0 Å². The zero-order valence-corrected chi connectivity index (χ0v) is 19.3. The Morgan fingerprint density at radius 3 is 2.33 bits per heavy atom. The first kappa shape index (κ1) is 21.8. The fourth-order valence-corrected chi connectivity index (χ4v) is 3.27. The van der Waals surface area contributed by atoms with E-state index < -0.39 is 0 Å². The van der Waals surface area contributed by atoms with E-state index in [9.17, 15) is 0 Å². The number of aromatic nitrogens is 2. The van der Waals surface area contributed by atoms with Crippen LogP contribution in [-0.4, -0.2) is 15.5 Å². The van der Waals surface area contributed by atoms with Crippen LogP contribution >= 0.6 is 24.0 Å². The van der Waals surface area contributed by atoms with Gasteiger partial charge in [-0.2, -0.15) is 0 Å². The van der Waals surface area contributed by atoms with E-state index in [4.69, 9.17) is 5.73 Å². The van der Waals surface area contributed by atoms with E-state index in [-0.39, 0.29) is 24.0 Å². The maximum absolute atomic E-state index is 6.03. The van der Waals surface area contributed by atoms with E-state index in [2.05, 4.69) is 69.2 Å². The number of imidazole rings is 1. The van der Waals surface area contributed by atoms with Crippen LogP contribution in [0.2, 0.25) is 0 Å². The summed E-state index contributed by atoms with van der Waals surface area (Å²) in [5, 5.41) is 3.14. The van der Waals surface area contributed by atoms with Crippen LogP contribution in [0.4, 0.5) is 5.69 Å². The van der Waals surface area contributed by atoms with Crippen molar-refractivity contribution in [2.45, 2.75) is 26.4 Å². The Bertz CT molecular complexity index is 1110. The molecule has 6 heteroatoms. The van der Waals surface area contributed by atoms with Crippen molar-refractivity contribution in [2.75, 3.05) is 5.32 Å². The van der Waals surface area contributed by atoms with Gasteiger partial charge in [-0.1, -0.05) is 55.5 Å². The maximum atomic E-state index is 6.03. The molecule has 4 aromatic rings. The van der Waals surface area contributed by atoms with Crippen molar-refractivity contribution < 1.29 is 0 Å². The summed E-state index contributed by atoms with van der Waals surface area (Å²) in [5.41, 5.74) is 12.8. The average molecular weight is 511 g/mol. The summed E-state index contributed by atoms with van der Waals surface area (Å²) in [7, 11) is 0. The Morgan fingerprint density at radius 1 is 0.933 bits per heavy atom. The molecule has 154 valence electrons. The topological polar surface area (TPSA) is 68.2 Å². The number of anilines is 1. The molecule has 3 aromatic carbocycles. The van der Waals surface area contributed by atoms with Gasteiger partial charge in [0.05, 0.1) is 23.9 Å². The minimum absolute atomic E-state index is 0. The Hall–Kier alpha value is -2.87. The summed E-state index contributed by atoms with van der Waals surface area (Å²) in [6.45, 7) is 3.48. The summed E-state index contributed by atoms with van der Waals surface area (Å²) in [6.07, 6.45) is 2.92. The molecule has 3 N–H and O–H groups in total. The molecule has 0 unspecified atom stereocenters.